The molecule has 0 atom stereocenters. The first-order valence-corrected chi connectivity index (χ1v) is 11.8. The molecule has 1 aliphatic heterocycles. The number of anilines is 1. The smallest absolute Gasteiger partial charge is 0.338 e. The van der Waals surface area contributed by atoms with Gasteiger partial charge in [-0.05, 0) is 42.8 Å². The van der Waals surface area contributed by atoms with Crippen LogP contribution in [0.2, 0.25) is 0 Å². The van der Waals surface area contributed by atoms with E-state index in [1.807, 2.05) is 66.0 Å². The Bertz CT molecular complexity index is 1330. The molecule has 1 amide bonds. The Hall–Kier alpha value is -3.97. The summed E-state index contributed by atoms with van der Waals surface area (Å²) >= 11 is 1.59. The van der Waals surface area contributed by atoms with Gasteiger partial charge in [0.15, 0.2) is 6.61 Å². The molecule has 0 saturated heterocycles. The van der Waals surface area contributed by atoms with E-state index in [9.17, 15) is 9.59 Å². The standard InChI is InChI=1S/C27H22N2O4S/c1-2-32-27(31)20-10-8-18(9-11-20)15-29-23-14-21(12-13-24(23)33-16-25(29)30)22-17-34-26(28-22)19-6-4-3-5-7-19/h3-14,17H,2,15-16H2,1H3. The first kappa shape index (κ1) is 21.9. The van der Waals surface area contributed by atoms with Crippen molar-refractivity contribution in [2.75, 3.05) is 18.1 Å². The van der Waals surface area contributed by atoms with Gasteiger partial charge in [0, 0.05) is 16.5 Å². The Kier molecular flexibility index (Phi) is 6.10. The highest BCUT2D eigenvalue weighted by atomic mass is 32.1. The first-order chi connectivity index (χ1) is 16.6. The number of hydrogen-bond donors (Lipinski definition) is 0. The van der Waals surface area contributed by atoms with E-state index >= 15 is 0 Å². The molecule has 3 aromatic carbocycles. The summed E-state index contributed by atoms with van der Waals surface area (Å²) < 4.78 is 10.7. The number of aromatic nitrogens is 1. The summed E-state index contributed by atoms with van der Waals surface area (Å²) in [5.41, 5.74) is 4.93. The molecule has 6 nitrogen and oxygen atoms in total. The minimum Gasteiger partial charge on any atom is -0.482 e. The van der Waals surface area contributed by atoms with Crippen molar-refractivity contribution in [3.63, 3.8) is 0 Å². The lowest BCUT2D eigenvalue weighted by Crippen LogP contribution is -2.38. The molecular formula is C27H22N2O4S. The number of carbonyl (C=O) groups excluding carboxylic acids is 2. The minimum absolute atomic E-state index is 0.0118. The van der Waals surface area contributed by atoms with Gasteiger partial charge in [0.25, 0.3) is 5.91 Å². The summed E-state index contributed by atoms with van der Waals surface area (Å²) in [6.07, 6.45) is 0. The van der Waals surface area contributed by atoms with Crippen molar-refractivity contribution < 1.29 is 19.1 Å². The summed E-state index contributed by atoms with van der Waals surface area (Å²) in [5, 5.41) is 2.97. The molecule has 4 aromatic rings. The van der Waals surface area contributed by atoms with E-state index in [-0.39, 0.29) is 18.5 Å². The fourth-order valence-corrected chi connectivity index (χ4v) is 4.63. The number of ether oxygens (including phenoxy) is 2. The molecule has 1 aromatic heterocycles. The zero-order valence-electron chi connectivity index (χ0n) is 18.6. The number of hydrogen-bond acceptors (Lipinski definition) is 6. The molecule has 0 aliphatic carbocycles. The number of thiazole rings is 1. The Morgan fingerprint density at radius 3 is 2.62 bits per heavy atom. The van der Waals surface area contributed by atoms with Gasteiger partial charge in [0.2, 0.25) is 0 Å². The molecule has 0 saturated carbocycles. The van der Waals surface area contributed by atoms with Crippen LogP contribution in [0.4, 0.5) is 5.69 Å². The Morgan fingerprint density at radius 2 is 1.85 bits per heavy atom. The molecule has 5 rings (SSSR count). The second-order valence-electron chi connectivity index (χ2n) is 7.77. The number of carbonyl (C=O) groups is 2. The van der Waals surface area contributed by atoms with E-state index in [1.165, 1.54) is 0 Å². The topological polar surface area (TPSA) is 68.7 Å². The molecule has 2 heterocycles. The summed E-state index contributed by atoms with van der Waals surface area (Å²) in [4.78, 5) is 31.2. The number of nitrogens with zero attached hydrogens (tertiary/aromatic N) is 2. The zero-order valence-corrected chi connectivity index (χ0v) is 19.4. The van der Waals surface area contributed by atoms with E-state index in [4.69, 9.17) is 14.5 Å². The molecule has 7 heteroatoms. The lowest BCUT2D eigenvalue weighted by atomic mass is 10.1. The molecule has 0 fully saturated rings. The maximum Gasteiger partial charge on any atom is 0.338 e. The van der Waals surface area contributed by atoms with E-state index in [0.29, 0.717) is 30.2 Å². The maximum absolute atomic E-state index is 12.8. The molecular weight excluding hydrogens is 448 g/mol. The van der Waals surface area contributed by atoms with Crippen molar-refractivity contribution in [1.29, 1.82) is 0 Å². The van der Waals surface area contributed by atoms with Crippen LogP contribution in [0.25, 0.3) is 21.8 Å². The van der Waals surface area contributed by atoms with Crippen LogP contribution in [-0.2, 0) is 16.1 Å². The van der Waals surface area contributed by atoms with Crippen LogP contribution in [0.1, 0.15) is 22.8 Å². The van der Waals surface area contributed by atoms with Gasteiger partial charge >= 0.3 is 5.97 Å². The van der Waals surface area contributed by atoms with Crippen LogP contribution in [0.3, 0.4) is 0 Å². The first-order valence-electron chi connectivity index (χ1n) is 11.0. The van der Waals surface area contributed by atoms with Crippen LogP contribution in [-0.4, -0.2) is 30.1 Å². The Labute approximate surface area is 201 Å². The fraction of sp³-hybridized carbons (Fsp3) is 0.148. The lowest BCUT2D eigenvalue weighted by molar-refractivity contribution is -0.121. The highest BCUT2D eigenvalue weighted by Gasteiger charge is 2.26. The number of benzene rings is 3. The third-order valence-corrected chi connectivity index (χ3v) is 6.42. The van der Waals surface area contributed by atoms with Crippen LogP contribution < -0.4 is 9.64 Å². The molecule has 0 radical (unpaired) electrons. The van der Waals surface area contributed by atoms with Crippen molar-refractivity contribution in [3.8, 4) is 27.6 Å². The van der Waals surface area contributed by atoms with Crippen LogP contribution in [0, 0.1) is 0 Å². The molecule has 170 valence electrons. The number of esters is 1. The number of rotatable bonds is 6. The average Bonchev–Trinajstić information content (AvgIpc) is 3.37. The van der Waals surface area contributed by atoms with Crippen molar-refractivity contribution in [1.82, 2.24) is 4.98 Å². The van der Waals surface area contributed by atoms with Gasteiger partial charge in [0.05, 0.1) is 30.1 Å². The van der Waals surface area contributed by atoms with Gasteiger partial charge in [0.1, 0.15) is 10.8 Å². The van der Waals surface area contributed by atoms with Gasteiger partial charge in [-0.1, -0.05) is 42.5 Å². The Morgan fingerprint density at radius 1 is 1.06 bits per heavy atom. The molecule has 0 spiro atoms. The summed E-state index contributed by atoms with van der Waals surface area (Å²) in [6, 6.07) is 23.0. The van der Waals surface area contributed by atoms with Crippen molar-refractivity contribution in [2.45, 2.75) is 13.5 Å². The molecule has 0 unspecified atom stereocenters. The summed E-state index contributed by atoms with van der Waals surface area (Å²) in [6.45, 7) is 2.46. The van der Waals surface area contributed by atoms with Gasteiger partial charge in [-0.3, -0.25) is 4.79 Å². The van der Waals surface area contributed by atoms with Gasteiger partial charge in [-0.15, -0.1) is 11.3 Å². The third-order valence-electron chi connectivity index (χ3n) is 5.53. The third kappa shape index (κ3) is 4.43. The monoisotopic (exact) mass is 470 g/mol. The normalized spacial score (nSPS) is 12.7. The maximum atomic E-state index is 12.8. The second-order valence-corrected chi connectivity index (χ2v) is 8.63. The largest absolute Gasteiger partial charge is 0.482 e. The SMILES string of the molecule is CCOC(=O)c1ccc(CN2C(=O)COc3ccc(-c4csc(-c5ccccc5)n4)cc32)cc1. The number of fused-ring (bicyclic) bond motifs is 1. The van der Waals surface area contributed by atoms with Gasteiger partial charge < -0.3 is 14.4 Å². The summed E-state index contributed by atoms with van der Waals surface area (Å²) in [7, 11) is 0. The highest BCUT2D eigenvalue weighted by molar-refractivity contribution is 7.13. The van der Waals surface area contributed by atoms with E-state index < -0.39 is 0 Å². The van der Waals surface area contributed by atoms with E-state index in [0.717, 1.165) is 27.4 Å². The zero-order chi connectivity index (χ0) is 23.5. The van der Waals surface area contributed by atoms with E-state index in [1.54, 1.807) is 35.3 Å². The predicted octanol–water partition coefficient (Wildman–Crippen LogP) is 5.58. The molecule has 0 N–H and O–H groups in total. The predicted molar refractivity (Wildman–Crippen MR) is 132 cm³/mol. The average molecular weight is 471 g/mol. The van der Waals surface area contributed by atoms with Crippen LogP contribution in [0.5, 0.6) is 5.75 Å². The minimum atomic E-state index is -0.357. The lowest BCUT2D eigenvalue weighted by Gasteiger charge is -2.30. The van der Waals surface area contributed by atoms with E-state index in [2.05, 4.69) is 0 Å². The van der Waals surface area contributed by atoms with Gasteiger partial charge in [-0.2, -0.15) is 0 Å². The van der Waals surface area contributed by atoms with Crippen molar-refractivity contribution in [3.05, 3.63) is 89.3 Å². The Balaban J connectivity index is 1.42. The molecule has 34 heavy (non-hydrogen) atoms. The van der Waals surface area contributed by atoms with Crippen molar-refractivity contribution in [2.24, 2.45) is 0 Å². The highest BCUT2D eigenvalue weighted by Crippen LogP contribution is 2.38. The molecule has 0 bridgehead atoms. The number of amides is 1. The summed E-state index contributed by atoms with van der Waals surface area (Å²) in [5.74, 6) is 0.178. The quantitative estimate of drug-likeness (QED) is 0.344. The van der Waals surface area contributed by atoms with Crippen LogP contribution >= 0.6 is 11.3 Å². The molecule has 1 aliphatic rings. The van der Waals surface area contributed by atoms with Gasteiger partial charge in [-0.25, -0.2) is 9.78 Å². The van der Waals surface area contributed by atoms with Crippen molar-refractivity contribution >= 4 is 28.9 Å². The second kappa shape index (κ2) is 9.49. The van der Waals surface area contributed by atoms with Crippen LogP contribution in [0.15, 0.2) is 78.2 Å². The fourth-order valence-electron chi connectivity index (χ4n) is 3.80.